The molecule has 1 aliphatic carbocycles. The molecular formula is C20H31N3O2. The first kappa shape index (κ1) is 18.2. The van der Waals surface area contributed by atoms with Gasteiger partial charge in [0.1, 0.15) is 0 Å². The normalized spacial score (nSPS) is 19.4. The van der Waals surface area contributed by atoms with E-state index in [1.807, 2.05) is 0 Å². The number of hydrogen-bond donors (Lipinski definition) is 2. The van der Waals surface area contributed by atoms with Crippen molar-refractivity contribution in [2.45, 2.75) is 51.3 Å². The van der Waals surface area contributed by atoms with E-state index in [4.69, 9.17) is 0 Å². The summed E-state index contributed by atoms with van der Waals surface area (Å²) < 4.78 is 0. The van der Waals surface area contributed by atoms with Crippen molar-refractivity contribution < 1.29 is 9.90 Å². The maximum absolute atomic E-state index is 12.1. The fourth-order valence-corrected chi connectivity index (χ4v) is 3.44. The lowest BCUT2D eigenvalue weighted by Gasteiger charge is -2.26. The highest BCUT2D eigenvalue weighted by Gasteiger charge is 2.31. The highest BCUT2D eigenvalue weighted by Crippen LogP contribution is 2.32. The Bertz CT molecular complexity index is 551. The fraction of sp³-hybridized carbons (Fsp3) is 0.650. The Labute approximate surface area is 151 Å². The zero-order valence-electron chi connectivity index (χ0n) is 15.3. The second-order valence-electron chi connectivity index (χ2n) is 7.60. The molecule has 2 N–H and O–H groups in total. The minimum atomic E-state index is -0.384. The molecule has 1 saturated heterocycles. The number of likely N-dealkylation sites (tertiary alicyclic amines) is 1. The van der Waals surface area contributed by atoms with E-state index in [2.05, 4.69) is 34.5 Å². The minimum Gasteiger partial charge on any atom is -0.391 e. The molecule has 2 amide bonds. The van der Waals surface area contributed by atoms with Gasteiger partial charge in [-0.1, -0.05) is 30.7 Å². The van der Waals surface area contributed by atoms with Crippen LogP contribution in [0.25, 0.3) is 0 Å². The van der Waals surface area contributed by atoms with Crippen LogP contribution >= 0.6 is 0 Å². The van der Waals surface area contributed by atoms with E-state index in [1.54, 1.807) is 11.9 Å². The lowest BCUT2D eigenvalue weighted by Crippen LogP contribution is -2.41. The fourth-order valence-electron chi connectivity index (χ4n) is 3.44. The molecule has 1 saturated carbocycles. The number of carbonyl (C=O) groups is 1. The maximum atomic E-state index is 12.1. The van der Waals surface area contributed by atoms with E-state index >= 15 is 0 Å². The molecule has 25 heavy (non-hydrogen) atoms. The highest BCUT2D eigenvalue weighted by atomic mass is 16.3. The molecule has 1 aromatic rings. The molecule has 2 fully saturated rings. The van der Waals surface area contributed by atoms with Gasteiger partial charge in [-0.3, -0.25) is 4.90 Å². The highest BCUT2D eigenvalue weighted by molar-refractivity contribution is 5.73. The van der Waals surface area contributed by atoms with Crippen LogP contribution in [-0.2, 0) is 13.1 Å². The third-order valence-corrected chi connectivity index (χ3v) is 5.30. The van der Waals surface area contributed by atoms with Crippen LogP contribution < -0.4 is 5.32 Å². The molecule has 5 heteroatoms. The van der Waals surface area contributed by atoms with Crippen LogP contribution in [0.3, 0.4) is 0 Å². The summed E-state index contributed by atoms with van der Waals surface area (Å²) in [5.74, 6) is 0.391. The second kappa shape index (κ2) is 8.68. The first-order valence-electron chi connectivity index (χ1n) is 9.59. The number of benzene rings is 1. The van der Waals surface area contributed by atoms with Gasteiger partial charge in [0.15, 0.2) is 0 Å². The van der Waals surface area contributed by atoms with Gasteiger partial charge in [-0.05, 0) is 55.8 Å². The van der Waals surface area contributed by atoms with Gasteiger partial charge in [0.2, 0.25) is 0 Å². The van der Waals surface area contributed by atoms with Crippen molar-refractivity contribution in [3.63, 3.8) is 0 Å². The molecule has 1 heterocycles. The summed E-state index contributed by atoms with van der Waals surface area (Å²) in [5.41, 5.74) is 2.44. The molecule has 0 radical (unpaired) electrons. The number of carbonyl (C=O) groups excluding carboxylic acids is 1. The Balaban J connectivity index is 1.40. The van der Waals surface area contributed by atoms with Crippen LogP contribution in [-0.4, -0.2) is 53.7 Å². The quantitative estimate of drug-likeness (QED) is 0.799. The largest absolute Gasteiger partial charge is 0.391 e. The van der Waals surface area contributed by atoms with E-state index in [1.165, 1.54) is 37.9 Å². The summed E-state index contributed by atoms with van der Waals surface area (Å²) in [7, 11) is 1.74. The average molecular weight is 345 g/mol. The van der Waals surface area contributed by atoms with E-state index in [-0.39, 0.29) is 12.1 Å². The summed E-state index contributed by atoms with van der Waals surface area (Å²) >= 11 is 0. The Hall–Kier alpha value is -1.59. The van der Waals surface area contributed by atoms with Crippen LogP contribution in [0.4, 0.5) is 4.79 Å². The van der Waals surface area contributed by atoms with Gasteiger partial charge in [-0.15, -0.1) is 0 Å². The van der Waals surface area contributed by atoms with Crippen LogP contribution in [0, 0.1) is 5.92 Å². The molecular weight excluding hydrogens is 314 g/mol. The van der Waals surface area contributed by atoms with Crippen LogP contribution in [0.1, 0.15) is 43.2 Å². The zero-order chi connectivity index (χ0) is 17.6. The van der Waals surface area contributed by atoms with Crippen molar-refractivity contribution in [3.8, 4) is 0 Å². The molecule has 1 aromatic carbocycles. The van der Waals surface area contributed by atoms with Crippen LogP contribution in [0.15, 0.2) is 24.3 Å². The zero-order valence-corrected chi connectivity index (χ0v) is 15.3. The summed E-state index contributed by atoms with van der Waals surface area (Å²) in [6.45, 7) is 4.36. The first-order valence-corrected chi connectivity index (χ1v) is 9.59. The molecule has 1 atom stereocenters. The number of aliphatic hydroxyl groups is 1. The topological polar surface area (TPSA) is 55.8 Å². The predicted octanol–water partition coefficient (Wildman–Crippen LogP) is 2.58. The molecule has 138 valence electrons. The monoisotopic (exact) mass is 345 g/mol. The Morgan fingerprint density at radius 1 is 1.20 bits per heavy atom. The van der Waals surface area contributed by atoms with E-state index in [0.29, 0.717) is 19.0 Å². The van der Waals surface area contributed by atoms with Crippen molar-refractivity contribution in [3.05, 3.63) is 35.4 Å². The second-order valence-corrected chi connectivity index (χ2v) is 7.60. The number of hydrogen-bond acceptors (Lipinski definition) is 3. The molecule has 0 bridgehead atoms. The van der Waals surface area contributed by atoms with Crippen molar-refractivity contribution >= 4 is 6.03 Å². The lowest BCUT2D eigenvalue weighted by molar-refractivity contribution is 0.113. The van der Waals surface area contributed by atoms with Crippen molar-refractivity contribution in [2.24, 2.45) is 5.92 Å². The van der Waals surface area contributed by atoms with Gasteiger partial charge >= 0.3 is 6.03 Å². The van der Waals surface area contributed by atoms with Gasteiger partial charge in [0, 0.05) is 26.7 Å². The van der Waals surface area contributed by atoms with Crippen molar-refractivity contribution in [2.75, 3.05) is 26.7 Å². The van der Waals surface area contributed by atoms with Crippen LogP contribution in [0.2, 0.25) is 0 Å². The van der Waals surface area contributed by atoms with E-state index < -0.39 is 0 Å². The number of nitrogens with one attached hydrogen (secondary N) is 1. The third-order valence-electron chi connectivity index (χ3n) is 5.30. The molecule has 2 aliphatic rings. The summed E-state index contributed by atoms with van der Waals surface area (Å²) in [6, 6.07) is 8.39. The van der Waals surface area contributed by atoms with Gasteiger partial charge in [-0.25, -0.2) is 4.79 Å². The number of nitrogens with zero attached hydrogens (tertiary/aromatic N) is 2. The maximum Gasteiger partial charge on any atom is 0.317 e. The van der Waals surface area contributed by atoms with E-state index in [0.717, 1.165) is 24.9 Å². The number of amides is 2. The summed E-state index contributed by atoms with van der Waals surface area (Å²) in [6.07, 6.45) is 5.77. The standard InChI is InChI=1S/C20H31N3O2/c1-22(15-19(24)18-9-10-18)20(25)21-13-16-5-7-17(8-6-16)14-23-11-3-2-4-12-23/h5-8,18-19,24H,2-4,9-15H2,1H3,(H,21,25). The van der Waals surface area contributed by atoms with Gasteiger partial charge in [0.25, 0.3) is 0 Å². The lowest BCUT2D eigenvalue weighted by atomic mass is 10.1. The summed E-state index contributed by atoms with van der Waals surface area (Å²) in [4.78, 5) is 16.2. The van der Waals surface area contributed by atoms with E-state index in [9.17, 15) is 9.90 Å². The Kier molecular flexibility index (Phi) is 6.32. The predicted molar refractivity (Wildman–Crippen MR) is 99.2 cm³/mol. The van der Waals surface area contributed by atoms with Gasteiger partial charge < -0.3 is 15.3 Å². The molecule has 1 unspecified atom stereocenters. The molecule has 0 aromatic heterocycles. The number of urea groups is 1. The molecule has 5 nitrogen and oxygen atoms in total. The number of piperidine rings is 1. The third kappa shape index (κ3) is 5.72. The SMILES string of the molecule is CN(CC(O)C1CC1)C(=O)NCc1ccc(CN2CCCCC2)cc1. The van der Waals surface area contributed by atoms with Gasteiger partial charge in [0.05, 0.1) is 6.10 Å². The first-order chi connectivity index (χ1) is 12.1. The number of likely N-dealkylation sites (N-methyl/N-ethyl adjacent to an activating group) is 1. The summed E-state index contributed by atoms with van der Waals surface area (Å²) in [5, 5.41) is 12.9. The van der Waals surface area contributed by atoms with Crippen molar-refractivity contribution in [1.29, 1.82) is 0 Å². The van der Waals surface area contributed by atoms with Gasteiger partial charge in [-0.2, -0.15) is 0 Å². The molecule has 3 rings (SSSR count). The van der Waals surface area contributed by atoms with Crippen molar-refractivity contribution in [1.82, 2.24) is 15.1 Å². The van der Waals surface area contributed by atoms with Crippen LogP contribution in [0.5, 0.6) is 0 Å². The molecule has 0 spiro atoms. The minimum absolute atomic E-state index is 0.128. The number of rotatable bonds is 7. The number of aliphatic hydroxyl groups excluding tert-OH is 1. The average Bonchev–Trinajstić information content (AvgIpc) is 3.47. The smallest absolute Gasteiger partial charge is 0.317 e. The molecule has 1 aliphatic heterocycles. The Morgan fingerprint density at radius 3 is 2.48 bits per heavy atom. The Morgan fingerprint density at radius 2 is 1.84 bits per heavy atom.